The van der Waals surface area contributed by atoms with Crippen molar-refractivity contribution in [3.8, 4) is 27.4 Å². The molecule has 0 radical (unpaired) electrons. The second-order valence-electron chi connectivity index (χ2n) is 4.43. The van der Waals surface area contributed by atoms with E-state index in [1.165, 1.54) is 0 Å². The van der Waals surface area contributed by atoms with Crippen LogP contribution >= 0.6 is 11.3 Å². The summed E-state index contributed by atoms with van der Waals surface area (Å²) in [6.45, 7) is 2.00. The van der Waals surface area contributed by atoms with Crippen LogP contribution in [-0.4, -0.2) is 12.3 Å². The van der Waals surface area contributed by atoms with Gasteiger partial charge in [-0.05, 0) is 30.0 Å². The Morgan fingerprint density at radius 1 is 1.30 bits per heavy atom. The van der Waals surface area contributed by atoms with E-state index in [4.69, 9.17) is 15.0 Å². The maximum atomic E-state index is 5.92. The molecule has 2 heterocycles. The summed E-state index contributed by atoms with van der Waals surface area (Å²) in [4.78, 5) is 1.04. The van der Waals surface area contributed by atoms with Gasteiger partial charge < -0.3 is 15.0 Å². The van der Waals surface area contributed by atoms with Gasteiger partial charge >= 0.3 is 0 Å². The van der Waals surface area contributed by atoms with Gasteiger partial charge in [-0.15, -0.1) is 11.3 Å². The first kappa shape index (κ1) is 12.7. The Morgan fingerprint density at radius 3 is 2.85 bits per heavy atom. The molecule has 3 rings (SSSR count). The number of ether oxygens (including phenoxy) is 1. The fourth-order valence-electron chi connectivity index (χ4n) is 2.13. The molecule has 0 amide bonds. The average Bonchev–Trinajstić information content (AvgIpc) is 3.08. The Kier molecular flexibility index (Phi) is 3.20. The molecule has 3 aromatic rings. The molecule has 0 fully saturated rings. The van der Waals surface area contributed by atoms with Crippen LogP contribution in [0.1, 0.15) is 5.56 Å². The fourth-order valence-corrected chi connectivity index (χ4v) is 2.90. The summed E-state index contributed by atoms with van der Waals surface area (Å²) in [7, 11) is 1.66. The normalized spacial score (nSPS) is 10.7. The molecular formula is C15H14N2O2S. The van der Waals surface area contributed by atoms with Gasteiger partial charge in [0.2, 0.25) is 5.88 Å². The highest BCUT2D eigenvalue weighted by molar-refractivity contribution is 7.13. The second-order valence-corrected chi connectivity index (χ2v) is 5.38. The molecule has 0 saturated heterocycles. The number of aromatic nitrogens is 1. The largest absolute Gasteiger partial charge is 0.496 e. The quantitative estimate of drug-likeness (QED) is 0.791. The Balaban J connectivity index is 2.16. The summed E-state index contributed by atoms with van der Waals surface area (Å²) in [5, 5.41) is 6.10. The van der Waals surface area contributed by atoms with Gasteiger partial charge in [-0.3, -0.25) is 0 Å². The minimum absolute atomic E-state index is 0.335. The number of hydrogen-bond donors (Lipinski definition) is 1. The number of rotatable bonds is 3. The number of hydrogen-bond acceptors (Lipinski definition) is 5. The van der Waals surface area contributed by atoms with Gasteiger partial charge in [0.25, 0.3) is 0 Å². The standard InChI is InChI=1S/C15H14N2O2S/c1-9-5-6-10(8-11(9)18-2)14-13(15(16)19-17-14)12-4-3-7-20-12/h3-8H,16H2,1-2H3. The van der Waals surface area contributed by atoms with Gasteiger partial charge in [-0.1, -0.05) is 23.4 Å². The lowest BCUT2D eigenvalue weighted by molar-refractivity contribution is 0.411. The molecule has 20 heavy (non-hydrogen) atoms. The monoisotopic (exact) mass is 286 g/mol. The maximum absolute atomic E-state index is 5.92. The first-order valence-electron chi connectivity index (χ1n) is 6.14. The summed E-state index contributed by atoms with van der Waals surface area (Å²) < 4.78 is 10.5. The van der Waals surface area contributed by atoms with Crippen LogP contribution in [0.25, 0.3) is 21.7 Å². The molecule has 2 N–H and O–H groups in total. The number of benzene rings is 1. The van der Waals surface area contributed by atoms with Crippen molar-refractivity contribution in [3.05, 3.63) is 41.3 Å². The van der Waals surface area contributed by atoms with E-state index in [1.54, 1.807) is 18.4 Å². The third-order valence-corrected chi connectivity index (χ3v) is 4.05. The van der Waals surface area contributed by atoms with Gasteiger partial charge in [-0.2, -0.15) is 0 Å². The highest BCUT2D eigenvalue weighted by Crippen LogP contribution is 2.39. The summed E-state index contributed by atoms with van der Waals surface area (Å²) in [6.07, 6.45) is 0. The highest BCUT2D eigenvalue weighted by Gasteiger charge is 2.18. The zero-order chi connectivity index (χ0) is 14.1. The van der Waals surface area contributed by atoms with Crippen molar-refractivity contribution in [1.82, 2.24) is 5.16 Å². The molecule has 2 aromatic heterocycles. The van der Waals surface area contributed by atoms with Crippen molar-refractivity contribution in [2.24, 2.45) is 0 Å². The minimum Gasteiger partial charge on any atom is -0.496 e. The first-order valence-corrected chi connectivity index (χ1v) is 7.02. The van der Waals surface area contributed by atoms with Crippen molar-refractivity contribution in [3.63, 3.8) is 0 Å². The second kappa shape index (κ2) is 5.02. The molecule has 0 aliphatic heterocycles. The Morgan fingerprint density at radius 2 is 2.15 bits per heavy atom. The summed E-state index contributed by atoms with van der Waals surface area (Å²) in [5.41, 5.74) is 9.50. The van der Waals surface area contributed by atoms with Crippen LogP contribution in [0.15, 0.2) is 40.2 Å². The van der Waals surface area contributed by atoms with E-state index in [9.17, 15) is 0 Å². The lowest BCUT2D eigenvalue weighted by Gasteiger charge is -2.06. The Hall–Kier alpha value is -2.27. The zero-order valence-corrected chi connectivity index (χ0v) is 12.0. The number of anilines is 1. The molecule has 0 unspecified atom stereocenters. The van der Waals surface area contributed by atoms with Crippen LogP contribution in [0.4, 0.5) is 5.88 Å². The topological polar surface area (TPSA) is 61.3 Å². The molecular weight excluding hydrogens is 272 g/mol. The van der Waals surface area contributed by atoms with E-state index in [-0.39, 0.29) is 0 Å². The van der Waals surface area contributed by atoms with E-state index in [0.29, 0.717) is 5.88 Å². The van der Waals surface area contributed by atoms with Gasteiger partial charge in [0.15, 0.2) is 0 Å². The smallest absolute Gasteiger partial charge is 0.231 e. The lowest BCUT2D eigenvalue weighted by atomic mass is 10.0. The van der Waals surface area contributed by atoms with E-state index >= 15 is 0 Å². The van der Waals surface area contributed by atoms with Crippen LogP contribution in [0.3, 0.4) is 0 Å². The van der Waals surface area contributed by atoms with Crippen molar-refractivity contribution >= 4 is 17.2 Å². The third-order valence-electron chi connectivity index (χ3n) is 3.17. The highest BCUT2D eigenvalue weighted by atomic mass is 32.1. The van der Waals surface area contributed by atoms with Gasteiger partial charge in [0.1, 0.15) is 11.4 Å². The van der Waals surface area contributed by atoms with Gasteiger partial charge in [0.05, 0.1) is 12.7 Å². The average molecular weight is 286 g/mol. The zero-order valence-electron chi connectivity index (χ0n) is 11.2. The maximum Gasteiger partial charge on any atom is 0.231 e. The van der Waals surface area contributed by atoms with Crippen molar-refractivity contribution in [2.45, 2.75) is 6.92 Å². The molecule has 0 aliphatic rings. The van der Waals surface area contributed by atoms with E-state index in [2.05, 4.69) is 5.16 Å². The lowest BCUT2D eigenvalue weighted by Crippen LogP contribution is -1.89. The summed E-state index contributed by atoms with van der Waals surface area (Å²) in [5.74, 6) is 1.16. The van der Waals surface area contributed by atoms with Crippen LogP contribution in [-0.2, 0) is 0 Å². The number of thiophene rings is 1. The van der Waals surface area contributed by atoms with Crippen LogP contribution < -0.4 is 10.5 Å². The number of nitrogens with two attached hydrogens (primary N) is 1. The number of aryl methyl sites for hydroxylation is 1. The molecule has 5 heteroatoms. The third kappa shape index (κ3) is 2.06. The van der Waals surface area contributed by atoms with E-state index in [0.717, 1.165) is 33.0 Å². The molecule has 0 atom stereocenters. The Labute approximate surface area is 120 Å². The van der Waals surface area contributed by atoms with Gasteiger partial charge in [-0.25, -0.2) is 0 Å². The van der Waals surface area contributed by atoms with E-state index in [1.807, 2.05) is 42.6 Å². The molecule has 4 nitrogen and oxygen atoms in total. The predicted octanol–water partition coefficient (Wildman–Crippen LogP) is 3.97. The molecule has 102 valence electrons. The molecule has 0 saturated carbocycles. The number of methoxy groups -OCH3 is 1. The van der Waals surface area contributed by atoms with Crippen LogP contribution in [0, 0.1) is 6.92 Å². The van der Waals surface area contributed by atoms with Crippen LogP contribution in [0.2, 0.25) is 0 Å². The van der Waals surface area contributed by atoms with E-state index < -0.39 is 0 Å². The SMILES string of the molecule is COc1cc(-c2noc(N)c2-c2cccs2)ccc1C. The fraction of sp³-hybridized carbons (Fsp3) is 0.133. The number of nitrogens with zero attached hydrogens (tertiary/aromatic N) is 1. The summed E-state index contributed by atoms with van der Waals surface area (Å²) in [6, 6.07) is 9.92. The van der Waals surface area contributed by atoms with Gasteiger partial charge in [0, 0.05) is 10.4 Å². The summed E-state index contributed by atoms with van der Waals surface area (Å²) >= 11 is 1.61. The number of nitrogen functional groups attached to an aromatic ring is 1. The van der Waals surface area contributed by atoms with Crippen molar-refractivity contribution in [2.75, 3.05) is 12.8 Å². The molecule has 0 aliphatic carbocycles. The molecule has 1 aromatic carbocycles. The van der Waals surface area contributed by atoms with Crippen molar-refractivity contribution in [1.29, 1.82) is 0 Å². The van der Waals surface area contributed by atoms with Crippen LogP contribution in [0.5, 0.6) is 5.75 Å². The predicted molar refractivity (Wildman–Crippen MR) is 81.0 cm³/mol. The first-order chi connectivity index (χ1) is 9.70. The molecule has 0 spiro atoms. The molecule has 0 bridgehead atoms. The van der Waals surface area contributed by atoms with Crippen molar-refractivity contribution < 1.29 is 9.26 Å². The Bertz CT molecular complexity index is 732. The minimum atomic E-state index is 0.335.